The fraction of sp³-hybridized carbons (Fsp3) is 0.400. The van der Waals surface area contributed by atoms with Gasteiger partial charge in [-0.1, -0.05) is 12.1 Å². The third-order valence-corrected chi connectivity index (χ3v) is 3.45. The van der Waals surface area contributed by atoms with E-state index >= 15 is 0 Å². The Bertz CT molecular complexity index is 670. The predicted molar refractivity (Wildman–Crippen MR) is 81.1 cm³/mol. The van der Waals surface area contributed by atoms with Crippen molar-refractivity contribution in [3.8, 4) is 5.75 Å². The van der Waals surface area contributed by atoms with Gasteiger partial charge < -0.3 is 14.7 Å². The molecule has 1 aromatic rings. The number of rotatable bonds is 4. The molecule has 1 saturated heterocycles. The van der Waals surface area contributed by atoms with E-state index < -0.39 is 35.9 Å². The van der Waals surface area contributed by atoms with Crippen molar-refractivity contribution in [1.29, 1.82) is 0 Å². The molecule has 7 nitrogen and oxygen atoms in total. The molecule has 1 heterocycles. The van der Waals surface area contributed by atoms with Crippen LogP contribution in [0.2, 0.25) is 0 Å². The largest absolute Gasteiger partial charge is 0.507 e. The predicted octanol–water partition coefficient (Wildman–Crippen LogP) is 1.29. The Kier molecular flexibility index (Phi) is 5.97. The molecule has 0 unspecified atom stereocenters. The van der Waals surface area contributed by atoms with Crippen molar-refractivity contribution >= 4 is 17.5 Å². The number of amides is 2. The molecule has 0 aromatic heterocycles. The number of aromatic hydroxyl groups is 1. The second-order valence-electron chi connectivity index (χ2n) is 5.18. The van der Waals surface area contributed by atoms with Crippen LogP contribution in [0.5, 0.6) is 5.75 Å². The first-order chi connectivity index (χ1) is 11.8. The van der Waals surface area contributed by atoms with Crippen molar-refractivity contribution in [3.63, 3.8) is 0 Å². The summed E-state index contributed by atoms with van der Waals surface area (Å²) in [6, 6.07) is 5.33. The van der Waals surface area contributed by atoms with Crippen LogP contribution in [-0.2, 0) is 9.53 Å². The molecule has 2 rings (SSSR count). The third-order valence-electron chi connectivity index (χ3n) is 3.45. The van der Waals surface area contributed by atoms with Gasteiger partial charge >= 0.3 is 6.18 Å². The Morgan fingerprint density at radius 1 is 1.24 bits per heavy atom. The maximum absolute atomic E-state index is 13.1. The highest BCUT2D eigenvalue weighted by Crippen LogP contribution is 2.21. The Hall–Kier alpha value is -2.62. The minimum absolute atomic E-state index is 0.203. The van der Waals surface area contributed by atoms with Gasteiger partial charge in [0, 0.05) is 13.1 Å². The number of halogens is 3. The number of ether oxygens (including phenoxy) is 1. The molecule has 0 saturated carbocycles. The van der Waals surface area contributed by atoms with Gasteiger partial charge in [-0.25, -0.2) is 5.43 Å². The number of morpholine rings is 1. The highest BCUT2D eigenvalue weighted by molar-refractivity contribution is 6.05. The SMILES string of the molecule is O=C(N/N=C(/CC(=O)N1CCOCC1)C(F)(F)F)c1ccccc1O. The third kappa shape index (κ3) is 5.18. The highest BCUT2D eigenvalue weighted by atomic mass is 19.4. The summed E-state index contributed by atoms with van der Waals surface area (Å²) >= 11 is 0. The fourth-order valence-electron chi connectivity index (χ4n) is 2.12. The molecule has 0 spiro atoms. The quantitative estimate of drug-likeness (QED) is 0.626. The van der Waals surface area contributed by atoms with Crippen LogP contribution in [-0.4, -0.2) is 60.0 Å². The molecule has 136 valence electrons. The van der Waals surface area contributed by atoms with Gasteiger partial charge in [0.2, 0.25) is 5.91 Å². The van der Waals surface area contributed by atoms with Crippen LogP contribution >= 0.6 is 0 Å². The zero-order valence-electron chi connectivity index (χ0n) is 13.0. The lowest BCUT2D eigenvalue weighted by molar-refractivity contribution is -0.134. The van der Waals surface area contributed by atoms with E-state index in [0.29, 0.717) is 0 Å². The molecular formula is C15H16F3N3O4. The average molecular weight is 359 g/mol. The van der Waals surface area contributed by atoms with Gasteiger partial charge in [0.1, 0.15) is 5.75 Å². The van der Waals surface area contributed by atoms with Gasteiger partial charge in [-0.2, -0.15) is 18.3 Å². The number of hydrogen-bond acceptors (Lipinski definition) is 5. The molecule has 25 heavy (non-hydrogen) atoms. The zero-order chi connectivity index (χ0) is 18.4. The van der Waals surface area contributed by atoms with Gasteiger partial charge in [0.05, 0.1) is 25.2 Å². The molecule has 1 aliphatic heterocycles. The molecular weight excluding hydrogens is 343 g/mol. The van der Waals surface area contributed by atoms with E-state index in [4.69, 9.17) is 4.74 Å². The monoisotopic (exact) mass is 359 g/mol. The van der Waals surface area contributed by atoms with Crippen LogP contribution in [0.4, 0.5) is 13.2 Å². The summed E-state index contributed by atoms with van der Waals surface area (Å²) < 4.78 is 44.2. The number of nitrogens with zero attached hydrogens (tertiary/aromatic N) is 2. The van der Waals surface area contributed by atoms with Crippen LogP contribution in [0.25, 0.3) is 0 Å². The van der Waals surface area contributed by atoms with E-state index in [1.807, 2.05) is 0 Å². The zero-order valence-corrected chi connectivity index (χ0v) is 13.0. The molecule has 1 fully saturated rings. The summed E-state index contributed by atoms with van der Waals surface area (Å²) in [5, 5.41) is 12.6. The first-order valence-corrected chi connectivity index (χ1v) is 7.36. The minimum Gasteiger partial charge on any atom is -0.507 e. The molecule has 0 aliphatic carbocycles. The number of hydrazone groups is 1. The molecule has 1 aromatic carbocycles. The molecule has 2 N–H and O–H groups in total. The lowest BCUT2D eigenvalue weighted by atomic mass is 10.2. The maximum Gasteiger partial charge on any atom is 0.431 e. The number of phenols is 1. The van der Waals surface area contributed by atoms with Crippen LogP contribution in [0.1, 0.15) is 16.8 Å². The fourth-order valence-corrected chi connectivity index (χ4v) is 2.12. The topological polar surface area (TPSA) is 91.2 Å². The van der Waals surface area contributed by atoms with Gasteiger partial charge in [-0.3, -0.25) is 9.59 Å². The van der Waals surface area contributed by atoms with E-state index in [1.165, 1.54) is 29.2 Å². The van der Waals surface area contributed by atoms with E-state index in [9.17, 15) is 27.9 Å². The molecule has 0 radical (unpaired) electrons. The Balaban J connectivity index is 2.09. The number of hydrogen-bond donors (Lipinski definition) is 2. The number of carbonyl (C=O) groups is 2. The van der Waals surface area contributed by atoms with Gasteiger partial charge in [-0.15, -0.1) is 0 Å². The van der Waals surface area contributed by atoms with E-state index in [2.05, 4.69) is 5.10 Å². The molecule has 0 bridgehead atoms. The first-order valence-electron chi connectivity index (χ1n) is 7.36. The standard InChI is InChI=1S/C15H16F3N3O4/c16-15(17,18)12(9-13(23)21-5-7-25-8-6-21)19-20-14(24)10-3-1-2-4-11(10)22/h1-4,22H,5-9H2,(H,20,24)/b19-12-. The number of benzene rings is 1. The summed E-state index contributed by atoms with van der Waals surface area (Å²) in [6.45, 7) is 0.922. The Morgan fingerprint density at radius 2 is 1.88 bits per heavy atom. The van der Waals surface area contributed by atoms with Crippen molar-refractivity contribution in [1.82, 2.24) is 10.3 Å². The van der Waals surface area contributed by atoms with E-state index in [-0.39, 0.29) is 31.9 Å². The second kappa shape index (κ2) is 7.97. The number of carbonyl (C=O) groups excluding carboxylic acids is 2. The van der Waals surface area contributed by atoms with Gasteiger partial charge in [0.25, 0.3) is 5.91 Å². The van der Waals surface area contributed by atoms with E-state index in [0.717, 1.165) is 0 Å². The summed E-state index contributed by atoms with van der Waals surface area (Å²) in [5.74, 6) is -2.16. The number of nitrogens with one attached hydrogen (secondary N) is 1. The molecule has 1 aliphatic rings. The molecule has 2 amide bonds. The minimum atomic E-state index is -4.88. The van der Waals surface area contributed by atoms with Crippen molar-refractivity contribution < 1.29 is 32.6 Å². The summed E-state index contributed by atoms with van der Waals surface area (Å²) in [7, 11) is 0. The van der Waals surface area contributed by atoms with Crippen molar-refractivity contribution in [2.45, 2.75) is 12.6 Å². The summed E-state index contributed by atoms with van der Waals surface area (Å²) in [5.41, 5.74) is 0.0756. The molecule has 10 heteroatoms. The number of para-hydroxylation sites is 1. The lowest BCUT2D eigenvalue weighted by Gasteiger charge is -2.27. The van der Waals surface area contributed by atoms with Crippen molar-refractivity contribution in [3.05, 3.63) is 29.8 Å². The van der Waals surface area contributed by atoms with E-state index in [1.54, 1.807) is 5.43 Å². The van der Waals surface area contributed by atoms with Crippen LogP contribution in [0.3, 0.4) is 0 Å². The van der Waals surface area contributed by atoms with Gasteiger partial charge in [-0.05, 0) is 12.1 Å². The normalized spacial score (nSPS) is 15.8. The summed E-state index contributed by atoms with van der Waals surface area (Å²) in [6.07, 6.45) is -5.88. The summed E-state index contributed by atoms with van der Waals surface area (Å²) in [4.78, 5) is 25.0. The average Bonchev–Trinajstić information content (AvgIpc) is 2.58. The van der Waals surface area contributed by atoms with Crippen molar-refractivity contribution in [2.75, 3.05) is 26.3 Å². The second-order valence-corrected chi connectivity index (χ2v) is 5.18. The Morgan fingerprint density at radius 3 is 2.48 bits per heavy atom. The van der Waals surface area contributed by atoms with Crippen molar-refractivity contribution in [2.24, 2.45) is 5.10 Å². The van der Waals surface area contributed by atoms with Crippen LogP contribution < -0.4 is 5.43 Å². The highest BCUT2D eigenvalue weighted by Gasteiger charge is 2.38. The van der Waals surface area contributed by atoms with Gasteiger partial charge in [0.15, 0.2) is 5.71 Å². The van der Waals surface area contributed by atoms with Crippen LogP contribution in [0.15, 0.2) is 29.4 Å². The smallest absolute Gasteiger partial charge is 0.431 e. The lowest BCUT2D eigenvalue weighted by Crippen LogP contribution is -2.43. The van der Waals surface area contributed by atoms with Crippen LogP contribution in [0, 0.1) is 0 Å². The number of alkyl halides is 3. The maximum atomic E-state index is 13.1. The Labute approximate surface area is 141 Å². The number of phenolic OH excluding ortho intramolecular Hbond substituents is 1. The first kappa shape index (κ1) is 18.7. The molecule has 0 atom stereocenters.